The van der Waals surface area contributed by atoms with Crippen LogP contribution in [0.2, 0.25) is 0 Å². The van der Waals surface area contributed by atoms with Gasteiger partial charge in [0.15, 0.2) is 0 Å². The molecule has 0 radical (unpaired) electrons. The standard InChI is InChI=1S/C22H27BrN2O2S/c1-3-4-13-24-22(27)17(2)25(15-18-9-8-10-19(23)14-18)21(26)16-28-20-11-6-5-7-12-20/h5-12,14,17H,3-4,13,15-16H2,1-2H3,(H,24,27)/t17-/m1/s1. The van der Waals surface area contributed by atoms with Crippen LogP contribution < -0.4 is 5.32 Å². The van der Waals surface area contributed by atoms with Gasteiger partial charge >= 0.3 is 0 Å². The molecule has 0 unspecified atom stereocenters. The number of benzene rings is 2. The van der Waals surface area contributed by atoms with Gasteiger partial charge in [0, 0.05) is 22.5 Å². The van der Waals surface area contributed by atoms with Gasteiger partial charge in [-0.15, -0.1) is 11.8 Å². The van der Waals surface area contributed by atoms with E-state index >= 15 is 0 Å². The lowest BCUT2D eigenvalue weighted by atomic mass is 10.1. The van der Waals surface area contributed by atoms with E-state index in [4.69, 9.17) is 0 Å². The third kappa shape index (κ3) is 7.32. The molecule has 6 heteroatoms. The summed E-state index contributed by atoms with van der Waals surface area (Å²) in [5, 5.41) is 2.94. The number of unbranched alkanes of at least 4 members (excludes halogenated alkanes) is 1. The van der Waals surface area contributed by atoms with Gasteiger partial charge in [0.25, 0.3) is 0 Å². The van der Waals surface area contributed by atoms with Crippen LogP contribution in [0, 0.1) is 0 Å². The largest absolute Gasteiger partial charge is 0.354 e. The Morgan fingerprint density at radius 2 is 1.89 bits per heavy atom. The van der Waals surface area contributed by atoms with Crippen molar-refractivity contribution in [1.29, 1.82) is 0 Å². The number of rotatable bonds is 10. The Kier molecular flexibility index (Phi) is 9.58. The highest BCUT2D eigenvalue weighted by Crippen LogP contribution is 2.20. The van der Waals surface area contributed by atoms with Crippen LogP contribution in [0.4, 0.5) is 0 Å². The van der Waals surface area contributed by atoms with Crippen LogP contribution in [-0.2, 0) is 16.1 Å². The first-order valence-corrected chi connectivity index (χ1v) is 11.3. The molecule has 0 heterocycles. The topological polar surface area (TPSA) is 49.4 Å². The molecule has 0 spiro atoms. The van der Waals surface area contributed by atoms with E-state index in [9.17, 15) is 9.59 Å². The SMILES string of the molecule is CCCCNC(=O)[C@@H](C)N(Cc1cccc(Br)c1)C(=O)CSc1ccccc1. The van der Waals surface area contributed by atoms with Crippen molar-refractivity contribution in [3.8, 4) is 0 Å². The Morgan fingerprint density at radius 1 is 1.14 bits per heavy atom. The van der Waals surface area contributed by atoms with Crippen LogP contribution >= 0.6 is 27.7 Å². The van der Waals surface area contributed by atoms with Crippen LogP contribution in [0.25, 0.3) is 0 Å². The number of nitrogens with one attached hydrogen (secondary N) is 1. The minimum absolute atomic E-state index is 0.0491. The third-order valence-electron chi connectivity index (χ3n) is 4.34. The van der Waals surface area contributed by atoms with E-state index < -0.39 is 6.04 Å². The fourth-order valence-corrected chi connectivity index (χ4v) is 3.95. The summed E-state index contributed by atoms with van der Waals surface area (Å²) in [4.78, 5) is 28.3. The first kappa shape index (κ1) is 22.5. The fraction of sp³-hybridized carbons (Fsp3) is 0.364. The Hall–Kier alpha value is -1.79. The molecule has 0 saturated heterocycles. The van der Waals surface area contributed by atoms with Crippen LogP contribution in [0.3, 0.4) is 0 Å². The molecule has 150 valence electrons. The van der Waals surface area contributed by atoms with Gasteiger partial charge in [0.05, 0.1) is 5.75 Å². The first-order chi connectivity index (χ1) is 13.5. The van der Waals surface area contributed by atoms with Gasteiger partial charge in [-0.25, -0.2) is 0 Å². The highest BCUT2D eigenvalue weighted by Gasteiger charge is 2.26. The zero-order valence-electron chi connectivity index (χ0n) is 16.4. The number of hydrogen-bond donors (Lipinski definition) is 1. The van der Waals surface area contributed by atoms with Gasteiger partial charge < -0.3 is 10.2 Å². The molecule has 2 aromatic carbocycles. The number of thioether (sulfide) groups is 1. The van der Waals surface area contributed by atoms with Crippen molar-refractivity contribution in [2.45, 2.75) is 44.2 Å². The molecule has 0 aliphatic heterocycles. The Bertz CT molecular complexity index is 770. The molecule has 1 atom stereocenters. The number of amides is 2. The molecule has 4 nitrogen and oxygen atoms in total. The highest BCUT2D eigenvalue weighted by atomic mass is 79.9. The summed E-state index contributed by atoms with van der Waals surface area (Å²) >= 11 is 4.96. The molecule has 0 fully saturated rings. The zero-order valence-corrected chi connectivity index (χ0v) is 18.8. The van der Waals surface area contributed by atoms with Gasteiger partial charge in [-0.2, -0.15) is 0 Å². The average Bonchev–Trinajstić information content (AvgIpc) is 2.70. The van der Waals surface area contributed by atoms with Crippen molar-refractivity contribution in [2.75, 3.05) is 12.3 Å². The quantitative estimate of drug-likeness (QED) is 0.404. The fourth-order valence-electron chi connectivity index (χ4n) is 2.70. The predicted octanol–water partition coefficient (Wildman–Crippen LogP) is 4.87. The van der Waals surface area contributed by atoms with Crippen molar-refractivity contribution in [3.63, 3.8) is 0 Å². The van der Waals surface area contributed by atoms with E-state index in [1.54, 1.807) is 11.8 Å². The molecule has 0 aliphatic carbocycles. The van der Waals surface area contributed by atoms with Gasteiger partial charge in [0.1, 0.15) is 6.04 Å². The molecule has 1 N–H and O–H groups in total. The number of nitrogens with zero attached hydrogens (tertiary/aromatic N) is 1. The molecular weight excluding hydrogens is 436 g/mol. The molecular formula is C22H27BrN2O2S. The minimum atomic E-state index is -0.528. The lowest BCUT2D eigenvalue weighted by Gasteiger charge is -2.29. The summed E-state index contributed by atoms with van der Waals surface area (Å²) in [6.45, 7) is 4.91. The number of hydrogen-bond acceptors (Lipinski definition) is 3. The predicted molar refractivity (Wildman–Crippen MR) is 119 cm³/mol. The second-order valence-electron chi connectivity index (χ2n) is 6.57. The van der Waals surface area contributed by atoms with E-state index in [-0.39, 0.29) is 11.8 Å². The van der Waals surface area contributed by atoms with Gasteiger partial charge in [0.2, 0.25) is 11.8 Å². The normalized spacial score (nSPS) is 11.7. The summed E-state index contributed by atoms with van der Waals surface area (Å²) in [5.41, 5.74) is 0.987. The maximum atomic E-state index is 13.0. The first-order valence-electron chi connectivity index (χ1n) is 9.50. The summed E-state index contributed by atoms with van der Waals surface area (Å²) in [6.07, 6.45) is 1.95. The summed E-state index contributed by atoms with van der Waals surface area (Å²) in [5.74, 6) is 0.137. The highest BCUT2D eigenvalue weighted by molar-refractivity contribution is 9.10. The average molecular weight is 463 g/mol. The van der Waals surface area contributed by atoms with Crippen LogP contribution in [0.1, 0.15) is 32.3 Å². The van der Waals surface area contributed by atoms with Gasteiger partial charge in [-0.1, -0.05) is 59.6 Å². The summed E-state index contributed by atoms with van der Waals surface area (Å²) in [7, 11) is 0. The molecule has 28 heavy (non-hydrogen) atoms. The Labute approximate surface area is 180 Å². The maximum Gasteiger partial charge on any atom is 0.242 e. The van der Waals surface area contributed by atoms with Crippen LogP contribution in [0.15, 0.2) is 64.0 Å². The van der Waals surface area contributed by atoms with E-state index in [1.165, 1.54) is 11.8 Å². The van der Waals surface area contributed by atoms with Crippen molar-refractivity contribution >= 4 is 39.5 Å². The van der Waals surface area contributed by atoms with Crippen molar-refractivity contribution in [1.82, 2.24) is 10.2 Å². The van der Waals surface area contributed by atoms with Gasteiger partial charge in [-0.3, -0.25) is 9.59 Å². The Morgan fingerprint density at radius 3 is 2.57 bits per heavy atom. The zero-order chi connectivity index (χ0) is 20.4. The molecule has 0 saturated carbocycles. The monoisotopic (exact) mass is 462 g/mol. The Balaban J connectivity index is 2.09. The van der Waals surface area contributed by atoms with Gasteiger partial charge in [-0.05, 0) is 43.2 Å². The molecule has 2 rings (SSSR count). The molecule has 2 aromatic rings. The smallest absolute Gasteiger partial charge is 0.242 e. The van der Waals surface area contributed by atoms with Crippen LogP contribution in [-0.4, -0.2) is 35.1 Å². The maximum absolute atomic E-state index is 13.0. The number of carbonyl (C=O) groups is 2. The van der Waals surface area contributed by atoms with E-state index in [0.717, 1.165) is 27.8 Å². The van der Waals surface area contributed by atoms with Crippen molar-refractivity contribution in [3.05, 3.63) is 64.6 Å². The van der Waals surface area contributed by atoms with Crippen LogP contribution in [0.5, 0.6) is 0 Å². The molecule has 0 aromatic heterocycles. The third-order valence-corrected chi connectivity index (χ3v) is 5.83. The van der Waals surface area contributed by atoms with E-state index in [1.807, 2.05) is 54.6 Å². The summed E-state index contributed by atoms with van der Waals surface area (Å²) < 4.78 is 0.955. The van der Waals surface area contributed by atoms with E-state index in [2.05, 4.69) is 28.2 Å². The second-order valence-corrected chi connectivity index (χ2v) is 8.54. The van der Waals surface area contributed by atoms with Crippen molar-refractivity contribution < 1.29 is 9.59 Å². The number of halogens is 1. The van der Waals surface area contributed by atoms with Crippen molar-refractivity contribution in [2.24, 2.45) is 0 Å². The molecule has 0 bridgehead atoms. The number of carbonyl (C=O) groups excluding carboxylic acids is 2. The lowest BCUT2D eigenvalue weighted by molar-refractivity contribution is -0.138. The second kappa shape index (κ2) is 11.9. The molecule has 2 amide bonds. The molecule has 0 aliphatic rings. The minimum Gasteiger partial charge on any atom is -0.354 e. The summed E-state index contributed by atoms with van der Waals surface area (Å²) in [6, 6.07) is 17.1. The van der Waals surface area contributed by atoms with E-state index in [0.29, 0.717) is 18.8 Å². The lowest BCUT2D eigenvalue weighted by Crippen LogP contribution is -2.48.